The number of thioether (sulfide) groups is 1. The zero-order valence-corrected chi connectivity index (χ0v) is 9.23. The summed E-state index contributed by atoms with van der Waals surface area (Å²) in [6.07, 6.45) is 0. The Morgan fingerprint density at radius 3 is 2.77 bits per heavy atom. The van der Waals surface area contributed by atoms with Crippen molar-refractivity contribution < 1.29 is 4.74 Å². The summed E-state index contributed by atoms with van der Waals surface area (Å²) in [7, 11) is 0. The first-order valence-corrected chi connectivity index (χ1v) is 5.50. The first-order valence-electron chi connectivity index (χ1n) is 4.62. The molecule has 1 aromatic rings. The molecule has 0 aromatic heterocycles. The highest BCUT2D eigenvalue weighted by molar-refractivity contribution is 7.99. The van der Waals surface area contributed by atoms with Crippen molar-refractivity contribution in [2.24, 2.45) is 0 Å². The molecule has 1 rings (SSSR count). The predicted molar refractivity (Wildman–Crippen MR) is 58.6 cm³/mol. The molecule has 0 aliphatic heterocycles. The van der Waals surface area contributed by atoms with Gasteiger partial charge in [-0.25, -0.2) is 0 Å². The Kier molecular flexibility index (Phi) is 4.16. The predicted octanol–water partition coefficient (Wildman–Crippen LogP) is 3.59. The van der Waals surface area contributed by atoms with Gasteiger partial charge in [-0.2, -0.15) is 0 Å². The summed E-state index contributed by atoms with van der Waals surface area (Å²) in [5.41, 5.74) is 0. The van der Waals surface area contributed by atoms with Crippen LogP contribution in [0.4, 0.5) is 0 Å². The smallest absolute Gasteiger partial charge is 0.120 e. The van der Waals surface area contributed by atoms with Crippen molar-refractivity contribution in [3.63, 3.8) is 0 Å². The molecule has 0 amide bonds. The fraction of sp³-hybridized carbons (Fsp3) is 0.455. The van der Waals surface area contributed by atoms with Crippen molar-refractivity contribution in [3.05, 3.63) is 24.3 Å². The molecule has 0 aliphatic rings. The van der Waals surface area contributed by atoms with E-state index in [1.54, 1.807) is 0 Å². The first-order chi connectivity index (χ1) is 6.22. The van der Waals surface area contributed by atoms with Crippen LogP contribution in [0.1, 0.15) is 20.8 Å². The molecule has 13 heavy (non-hydrogen) atoms. The maximum Gasteiger partial charge on any atom is 0.120 e. The van der Waals surface area contributed by atoms with Crippen LogP contribution in [0, 0.1) is 0 Å². The minimum Gasteiger partial charge on any atom is -0.494 e. The van der Waals surface area contributed by atoms with Crippen LogP contribution in [0.25, 0.3) is 0 Å². The third-order valence-corrected chi connectivity index (χ3v) is 2.49. The average molecular weight is 196 g/mol. The molecule has 0 saturated carbocycles. The molecule has 2 heteroatoms. The van der Waals surface area contributed by atoms with E-state index in [4.69, 9.17) is 4.74 Å². The lowest BCUT2D eigenvalue weighted by Gasteiger charge is -2.07. The summed E-state index contributed by atoms with van der Waals surface area (Å²) < 4.78 is 5.41. The molecule has 0 aliphatic carbocycles. The highest BCUT2D eigenvalue weighted by Gasteiger charge is 1.99. The van der Waals surface area contributed by atoms with E-state index in [9.17, 15) is 0 Å². The van der Waals surface area contributed by atoms with E-state index in [-0.39, 0.29) is 0 Å². The fourth-order valence-corrected chi connectivity index (χ4v) is 1.96. The molecule has 0 saturated heterocycles. The Labute approximate surface area is 84.5 Å². The standard InChI is InChI=1S/C11H16OS/c1-4-12-10-6-5-7-11(8-10)13-9(2)3/h5-9H,4H2,1-3H3. The number of benzene rings is 1. The van der Waals surface area contributed by atoms with E-state index >= 15 is 0 Å². The summed E-state index contributed by atoms with van der Waals surface area (Å²) in [4.78, 5) is 1.28. The van der Waals surface area contributed by atoms with E-state index in [1.807, 2.05) is 30.8 Å². The molecule has 1 aromatic carbocycles. The van der Waals surface area contributed by atoms with Gasteiger partial charge in [0, 0.05) is 10.1 Å². The van der Waals surface area contributed by atoms with Crippen molar-refractivity contribution in [1.82, 2.24) is 0 Å². The quantitative estimate of drug-likeness (QED) is 0.681. The van der Waals surface area contributed by atoms with Gasteiger partial charge in [0.1, 0.15) is 5.75 Å². The van der Waals surface area contributed by atoms with Crippen LogP contribution in [0.2, 0.25) is 0 Å². The van der Waals surface area contributed by atoms with Crippen LogP contribution in [0.5, 0.6) is 5.75 Å². The molecule has 72 valence electrons. The second kappa shape index (κ2) is 5.18. The molecule has 0 spiro atoms. The summed E-state index contributed by atoms with van der Waals surface area (Å²) in [6, 6.07) is 8.24. The van der Waals surface area contributed by atoms with Crippen LogP contribution in [0.15, 0.2) is 29.2 Å². The van der Waals surface area contributed by atoms with Gasteiger partial charge < -0.3 is 4.74 Å². The maximum absolute atomic E-state index is 5.41. The van der Waals surface area contributed by atoms with Gasteiger partial charge in [0.25, 0.3) is 0 Å². The SMILES string of the molecule is CCOc1cccc(SC(C)C)c1. The number of hydrogen-bond acceptors (Lipinski definition) is 2. The van der Waals surface area contributed by atoms with Crippen LogP contribution in [-0.4, -0.2) is 11.9 Å². The van der Waals surface area contributed by atoms with E-state index in [1.165, 1.54) is 4.90 Å². The van der Waals surface area contributed by atoms with E-state index in [0.29, 0.717) is 5.25 Å². The molecule has 0 atom stereocenters. The largest absolute Gasteiger partial charge is 0.494 e. The van der Waals surface area contributed by atoms with Crippen molar-refractivity contribution in [3.8, 4) is 5.75 Å². The van der Waals surface area contributed by atoms with E-state index in [2.05, 4.69) is 26.0 Å². The summed E-state index contributed by atoms with van der Waals surface area (Å²) in [6.45, 7) is 7.12. The minimum atomic E-state index is 0.622. The van der Waals surface area contributed by atoms with Crippen LogP contribution in [-0.2, 0) is 0 Å². The van der Waals surface area contributed by atoms with Gasteiger partial charge in [0.15, 0.2) is 0 Å². The third-order valence-electron chi connectivity index (χ3n) is 1.49. The molecule has 0 N–H and O–H groups in total. The zero-order valence-electron chi connectivity index (χ0n) is 8.41. The number of ether oxygens (including phenoxy) is 1. The van der Waals surface area contributed by atoms with Gasteiger partial charge in [-0.15, -0.1) is 11.8 Å². The van der Waals surface area contributed by atoms with Crippen molar-refractivity contribution in [2.75, 3.05) is 6.61 Å². The fourth-order valence-electron chi connectivity index (χ4n) is 1.08. The molecule has 0 heterocycles. The van der Waals surface area contributed by atoms with Gasteiger partial charge in [-0.1, -0.05) is 19.9 Å². The summed E-state index contributed by atoms with van der Waals surface area (Å²) in [5, 5.41) is 0.622. The Bertz CT molecular complexity index is 258. The van der Waals surface area contributed by atoms with Crippen LogP contribution >= 0.6 is 11.8 Å². The lowest BCUT2D eigenvalue weighted by atomic mass is 10.3. The molecule has 0 unspecified atom stereocenters. The van der Waals surface area contributed by atoms with Gasteiger partial charge in [-0.05, 0) is 25.1 Å². The lowest BCUT2D eigenvalue weighted by Crippen LogP contribution is -1.91. The third kappa shape index (κ3) is 3.73. The van der Waals surface area contributed by atoms with E-state index in [0.717, 1.165) is 12.4 Å². The van der Waals surface area contributed by atoms with E-state index < -0.39 is 0 Å². The number of rotatable bonds is 4. The Balaban J connectivity index is 2.67. The Hall–Kier alpha value is -0.630. The molecular weight excluding hydrogens is 180 g/mol. The van der Waals surface area contributed by atoms with Gasteiger partial charge in [-0.3, -0.25) is 0 Å². The molecular formula is C11H16OS. The highest BCUT2D eigenvalue weighted by atomic mass is 32.2. The Morgan fingerprint density at radius 1 is 1.38 bits per heavy atom. The van der Waals surface area contributed by atoms with Gasteiger partial charge in [0.05, 0.1) is 6.61 Å². The second-order valence-electron chi connectivity index (χ2n) is 3.07. The maximum atomic E-state index is 5.41. The molecule has 0 bridgehead atoms. The lowest BCUT2D eigenvalue weighted by molar-refractivity contribution is 0.339. The summed E-state index contributed by atoms with van der Waals surface area (Å²) >= 11 is 1.86. The van der Waals surface area contributed by atoms with Crippen molar-refractivity contribution >= 4 is 11.8 Å². The van der Waals surface area contributed by atoms with Crippen LogP contribution < -0.4 is 4.74 Å². The summed E-state index contributed by atoms with van der Waals surface area (Å²) in [5.74, 6) is 0.966. The Morgan fingerprint density at radius 2 is 2.15 bits per heavy atom. The molecule has 1 nitrogen and oxygen atoms in total. The minimum absolute atomic E-state index is 0.622. The average Bonchev–Trinajstić information content (AvgIpc) is 2.04. The van der Waals surface area contributed by atoms with Crippen molar-refractivity contribution in [2.45, 2.75) is 30.9 Å². The van der Waals surface area contributed by atoms with Crippen molar-refractivity contribution in [1.29, 1.82) is 0 Å². The second-order valence-corrected chi connectivity index (χ2v) is 4.72. The highest BCUT2D eigenvalue weighted by Crippen LogP contribution is 2.26. The first kappa shape index (κ1) is 10.5. The number of hydrogen-bond donors (Lipinski definition) is 0. The van der Waals surface area contributed by atoms with Crippen LogP contribution in [0.3, 0.4) is 0 Å². The monoisotopic (exact) mass is 196 g/mol. The molecule has 0 fully saturated rings. The zero-order chi connectivity index (χ0) is 9.68. The topological polar surface area (TPSA) is 9.23 Å². The molecule has 0 radical (unpaired) electrons. The normalized spacial score (nSPS) is 10.5. The van der Waals surface area contributed by atoms with Gasteiger partial charge in [0.2, 0.25) is 0 Å². The van der Waals surface area contributed by atoms with Gasteiger partial charge >= 0.3 is 0 Å².